The first-order chi connectivity index (χ1) is 7.74. The Bertz CT molecular complexity index is 178. The number of rotatable bonds is 7. The number of hydrogen-bond donors (Lipinski definition) is 1. The zero-order valence-corrected chi connectivity index (χ0v) is 10.7. The third-order valence-corrected chi connectivity index (χ3v) is 3.29. The van der Waals surface area contributed by atoms with Gasteiger partial charge < -0.3 is 15.2 Å². The minimum absolute atomic E-state index is 0.335. The Hall–Kier alpha value is -0.160. The minimum Gasteiger partial charge on any atom is -0.385 e. The largest absolute Gasteiger partial charge is 0.385 e. The maximum atomic E-state index is 6.04. The highest BCUT2D eigenvalue weighted by molar-refractivity contribution is 4.80. The topological polar surface area (TPSA) is 47.7 Å². The van der Waals surface area contributed by atoms with Crippen molar-refractivity contribution in [3.8, 4) is 0 Å². The first kappa shape index (κ1) is 13.9. The highest BCUT2D eigenvalue weighted by Crippen LogP contribution is 2.14. The lowest BCUT2D eigenvalue weighted by Gasteiger charge is -2.34. The molecule has 96 valence electrons. The molecule has 0 aromatic rings. The Morgan fingerprint density at radius 2 is 2.12 bits per heavy atom. The molecule has 4 heteroatoms. The second kappa shape index (κ2) is 8.01. The van der Waals surface area contributed by atoms with Gasteiger partial charge in [-0.3, -0.25) is 4.90 Å². The summed E-state index contributed by atoms with van der Waals surface area (Å²) in [6, 6.07) is 0.335. The van der Waals surface area contributed by atoms with Crippen LogP contribution in [0.1, 0.15) is 19.8 Å². The fourth-order valence-corrected chi connectivity index (χ4v) is 1.97. The van der Waals surface area contributed by atoms with E-state index in [0.717, 1.165) is 45.9 Å². The summed E-state index contributed by atoms with van der Waals surface area (Å²) in [6.45, 7) is 7.82. The summed E-state index contributed by atoms with van der Waals surface area (Å²) in [5.74, 6) is 0.666. The number of piperidine rings is 1. The summed E-state index contributed by atoms with van der Waals surface area (Å²) in [7, 11) is 1.72. The van der Waals surface area contributed by atoms with E-state index in [1.165, 1.54) is 6.42 Å². The molecule has 0 amide bonds. The van der Waals surface area contributed by atoms with Gasteiger partial charge in [0.15, 0.2) is 0 Å². The standard InChI is InChI=1S/C12H26N2O2/c1-11-4-5-14(10-12(11)13)6-9-16-8-3-7-15-2/h11-12H,3-10,13H2,1-2H3. The molecule has 0 aliphatic carbocycles. The quantitative estimate of drug-likeness (QED) is 0.654. The molecule has 0 spiro atoms. The molecule has 1 aliphatic rings. The summed E-state index contributed by atoms with van der Waals surface area (Å²) < 4.78 is 10.5. The van der Waals surface area contributed by atoms with Gasteiger partial charge in [-0.05, 0) is 25.3 Å². The third kappa shape index (κ3) is 5.25. The van der Waals surface area contributed by atoms with Crippen LogP contribution < -0.4 is 5.73 Å². The number of hydrogen-bond acceptors (Lipinski definition) is 4. The Morgan fingerprint density at radius 3 is 2.81 bits per heavy atom. The maximum absolute atomic E-state index is 6.04. The van der Waals surface area contributed by atoms with E-state index in [1.807, 2.05) is 0 Å². The third-order valence-electron chi connectivity index (χ3n) is 3.29. The van der Waals surface area contributed by atoms with Crippen LogP contribution in [-0.4, -0.2) is 57.5 Å². The maximum Gasteiger partial charge on any atom is 0.0593 e. The van der Waals surface area contributed by atoms with E-state index in [9.17, 15) is 0 Å². The number of methoxy groups -OCH3 is 1. The van der Waals surface area contributed by atoms with Crippen molar-refractivity contribution in [1.82, 2.24) is 4.90 Å². The fourth-order valence-electron chi connectivity index (χ4n) is 1.97. The number of likely N-dealkylation sites (tertiary alicyclic amines) is 1. The molecule has 0 aromatic heterocycles. The molecule has 1 saturated heterocycles. The first-order valence-electron chi connectivity index (χ1n) is 6.28. The molecular weight excluding hydrogens is 204 g/mol. The van der Waals surface area contributed by atoms with Gasteiger partial charge in [-0.2, -0.15) is 0 Å². The van der Waals surface area contributed by atoms with Gasteiger partial charge in [-0.15, -0.1) is 0 Å². The lowest BCUT2D eigenvalue weighted by atomic mass is 9.94. The predicted octanol–water partition coefficient (Wildman–Crippen LogP) is 0.709. The molecule has 2 atom stereocenters. The molecule has 1 heterocycles. The van der Waals surface area contributed by atoms with E-state index >= 15 is 0 Å². The van der Waals surface area contributed by atoms with Crippen LogP contribution in [-0.2, 0) is 9.47 Å². The van der Waals surface area contributed by atoms with Gasteiger partial charge in [0.05, 0.1) is 6.61 Å². The van der Waals surface area contributed by atoms with Crippen LogP contribution in [0.15, 0.2) is 0 Å². The molecule has 0 saturated carbocycles. The molecular formula is C12H26N2O2. The molecule has 4 nitrogen and oxygen atoms in total. The Labute approximate surface area is 99.1 Å². The summed E-state index contributed by atoms with van der Waals surface area (Å²) in [4.78, 5) is 2.40. The van der Waals surface area contributed by atoms with Crippen LogP contribution in [0, 0.1) is 5.92 Å². The molecule has 0 radical (unpaired) electrons. The van der Waals surface area contributed by atoms with Gasteiger partial charge in [0.1, 0.15) is 0 Å². The number of nitrogens with two attached hydrogens (primary N) is 1. The molecule has 1 rings (SSSR count). The fraction of sp³-hybridized carbons (Fsp3) is 1.00. The van der Waals surface area contributed by atoms with Crippen LogP contribution in [0.25, 0.3) is 0 Å². The Kier molecular flexibility index (Phi) is 6.96. The van der Waals surface area contributed by atoms with E-state index in [1.54, 1.807) is 7.11 Å². The highest BCUT2D eigenvalue weighted by Gasteiger charge is 2.22. The van der Waals surface area contributed by atoms with E-state index < -0.39 is 0 Å². The van der Waals surface area contributed by atoms with Crippen molar-refractivity contribution < 1.29 is 9.47 Å². The predicted molar refractivity (Wildman–Crippen MR) is 65.5 cm³/mol. The lowest BCUT2D eigenvalue weighted by molar-refractivity contribution is 0.0710. The second-order valence-corrected chi connectivity index (χ2v) is 4.69. The molecule has 1 fully saturated rings. The summed E-state index contributed by atoms with van der Waals surface area (Å²) in [6.07, 6.45) is 2.19. The van der Waals surface area contributed by atoms with Crippen LogP contribution in [0.4, 0.5) is 0 Å². The van der Waals surface area contributed by atoms with Gasteiger partial charge in [-0.1, -0.05) is 6.92 Å². The molecule has 2 unspecified atom stereocenters. The Morgan fingerprint density at radius 1 is 1.31 bits per heavy atom. The normalized spacial score (nSPS) is 27.2. The smallest absolute Gasteiger partial charge is 0.0593 e. The monoisotopic (exact) mass is 230 g/mol. The number of ether oxygens (including phenoxy) is 2. The van der Waals surface area contributed by atoms with Crippen LogP contribution in [0.5, 0.6) is 0 Å². The van der Waals surface area contributed by atoms with Gasteiger partial charge >= 0.3 is 0 Å². The first-order valence-corrected chi connectivity index (χ1v) is 6.28. The number of nitrogens with zero attached hydrogens (tertiary/aromatic N) is 1. The highest BCUT2D eigenvalue weighted by atomic mass is 16.5. The summed E-state index contributed by atoms with van der Waals surface area (Å²) in [5, 5.41) is 0. The van der Waals surface area contributed by atoms with Crippen LogP contribution >= 0.6 is 0 Å². The van der Waals surface area contributed by atoms with Gasteiger partial charge in [0.25, 0.3) is 0 Å². The zero-order chi connectivity index (χ0) is 11.8. The van der Waals surface area contributed by atoms with Crippen molar-refractivity contribution in [3.63, 3.8) is 0 Å². The van der Waals surface area contributed by atoms with Crippen molar-refractivity contribution in [2.75, 3.05) is 46.6 Å². The summed E-state index contributed by atoms with van der Waals surface area (Å²) in [5.41, 5.74) is 6.04. The van der Waals surface area contributed by atoms with Gasteiger partial charge in [0.2, 0.25) is 0 Å². The van der Waals surface area contributed by atoms with Gasteiger partial charge in [-0.25, -0.2) is 0 Å². The molecule has 1 aliphatic heterocycles. The minimum atomic E-state index is 0.335. The van der Waals surface area contributed by atoms with Crippen molar-refractivity contribution >= 4 is 0 Å². The van der Waals surface area contributed by atoms with Gasteiger partial charge in [0, 0.05) is 39.5 Å². The van der Waals surface area contributed by atoms with Crippen LogP contribution in [0.3, 0.4) is 0 Å². The van der Waals surface area contributed by atoms with Crippen LogP contribution in [0.2, 0.25) is 0 Å². The van der Waals surface area contributed by atoms with Crippen molar-refractivity contribution in [3.05, 3.63) is 0 Å². The van der Waals surface area contributed by atoms with E-state index in [-0.39, 0.29) is 0 Å². The molecule has 16 heavy (non-hydrogen) atoms. The van der Waals surface area contributed by atoms with Crippen molar-refractivity contribution in [1.29, 1.82) is 0 Å². The average Bonchev–Trinajstić information content (AvgIpc) is 2.28. The SMILES string of the molecule is COCCCOCCN1CCC(C)C(N)C1. The van der Waals surface area contributed by atoms with E-state index in [4.69, 9.17) is 15.2 Å². The van der Waals surface area contributed by atoms with Crippen molar-refractivity contribution in [2.24, 2.45) is 11.7 Å². The molecule has 0 aromatic carbocycles. The molecule has 0 bridgehead atoms. The molecule has 2 N–H and O–H groups in total. The second-order valence-electron chi connectivity index (χ2n) is 4.69. The lowest BCUT2D eigenvalue weighted by Crippen LogP contribution is -2.48. The van der Waals surface area contributed by atoms with E-state index in [0.29, 0.717) is 12.0 Å². The van der Waals surface area contributed by atoms with E-state index in [2.05, 4.69) is 11.8 Å². The zero-order valence-electron chi connectivity index (χ0n) is 10.7. The Balaban J connectivity index is 1.97. The average molecular weight is 230 g/mol. The summed E-state index contributed by atoms with van der Waals surface area (Å²) >= 11 is 0. The van der Waals surface area contributed by atoms with Crippen molar-refractivity contribution in [2.45, 2.75) is 25.8 Å².